The second kappa shape index (κ2) is 6.60. The fourth-order valence-corrected chi connectivity index (χ4v) is 5.01. The third-order valence-electron chi connectivity index (χ3n) is 3.85. The highest BCUT2D eigenvalue weighted by Crippen LogP contribution is 2.29. The highest BCUT2D eigenvalue weighted by Gasteiger charge is 2.28. The number of halogens is 1. The molecule has 1 heterocycles. The first-order chi connectivity index (χ1) is 9.44. The molecular weight excluding hydrogens is 346 g/mol. The molecule has 0 spiro atoms. The molecule has 1 fully saturated rings. The zero-order valence-corrected chi connectivity index (χ0v) is 13.8. The zero-order chi connectivity index (χ0) is 14.8. The van der Waals surface area contributed by atoms with E-state index in [4.69, 9.17) is 9.52 Å². The maximum Gasteiger partial charge on any atom is 0.245 e. The van der Waals surface area contributed by atoms with Gasteiger partial charge >= 0.3 is 0 Å². The number of rotatable bonds is 5. The van der Waals surface area contributed by atoms with Gasteiger partial charge < -0.3 is 9.52 Å². The number of aliphatic hydroxyl groups is 1. The molecule has 1 aromatic rings. The third kappa shape index (κ3) is 3.63. The lowest BCUT2D eigenvalue weighted by Gasteiger charge is -2.27. The van der Waals surface area contributed by atoms with Crippen molar-refractivity contribution in [3.8, 4) is 0 Å². The van der Waals surface area contributed by atoms with E-state index in [0.29, 0.717) is 5.92 Å². The SMILES string of the molecule is CC(NS(=O)(=O)c1cc(CO)oc1Br)C1CCCCC1. The van der Waals surface area contributed by atoms with Gasteiger partial charge in [-0.05, 0) is 41.6 Å². The fraction of sp³-hybridized carbons (Fsp3) is 0.692. The largest absolute Gasteiger partial charge is 0.450 e. The van der Waals surface area contributed by atoms with Crippen LogP contribution >= 0.6 is 15.9 Å². The van der Waals surface area contributed by atoms with Crippen LogP contribution in [-0.4, -0.2) is 19.6 Å². The number of aliphatic hydroxyl groups excluding tert-OH is 1. The van der Waals surface area contributed by atoms with E-state index in [0.717, 1.165) is 12.8 Å². The Balaban J connectivity index is 2.11. The smallest absolute Gasteiger partial charge is 0.245 e. The Hall–Kier alpha value is -0.370. The van der Waals surface area contributed by atoms with Crippen LogP contribution in [0.2, 0.25) is 0 Å². The van der Waals surface area contributed by atoms with E-state index in [1.54, 1.807) is 0 Å². The van der Waals surface area contributed by atoms with Gasteiger partial charge in [-0.3, -0.25) is 0 Å². The molecule has 0 aromatic carbocycles. The van der Waals surface area contributed by atoms with Crippen LogP contribution in [0.4, 0.5) is 0 Å². The summed E-state index contributed by atoms with van der Waals surface area (Å²) in [4.78, 5) is 0.0456. The van der Waals surface area contributed by atoms with Gasteiger partial charge in [-0.15, -0.1) is 0 Å². The van der Waals surface area contributed by atoms with Crippen molar-refractivity contribution in [3.63, 3.8) is 0 Å². The normalized spacial score (nSPS) is 19.1. The lowest BCUT2D eigenvalue weighted by Crippen LogP contribution is -2.38. The Morgan fingerprint density at radius 3 is 2.65 bits per heavy atom. The molecule has 1 aliphatic carbocycles. The van der Waals surface area contributed by atoms with Crippen LogP contribution in [0.1, 0.15) is 44.8 Å². The monoisotopic (exact) mass is 365 g/mol. The van der Waals surface area contributed by atoms with E-state index >= 15 is 0 Å². The molecule has 0 amide bonds. The second-order valence-corrected chi connectivity index (χ2v) is 7.72. The number of furan rings is 1. The summed E-state index contributed by atoms with van der Waals surface area (Å²) in [6, 6.07) is 1.25. The van der Waals surface area contributed by atoms with Crippen LogP contribution in [0.5, 0.6) is 0 Å². The van der Waals surface area contributed by atoms with Crippen LogP contribution in [0.25, 0.3) is 0 Å². The molecule has 1 saturated carbocycles. The van der Waals surface area contributed by atoms with Crippen LogP contribution < -0.4 is 4.72 Å². The van der Waals surface area contributed by atoms with Crippen LogP contribution in [-0.2, 0) is 16.6 Å². The molecule has 2 N–H and O–H groups in total. The van der Waals surface area contributed by atoms with Gasteiger partial charge in [0, 0.05) is 12.1 Å². The standard InChI is InChI=1S/C13H20BrNO4S/c1-9(10-5-3-2-4-6-10)15-20(17,18)12-7-11(8-16)19-13(12)14/h7,9-10,15-16H,2-6,8H2,1H3. The lowest BCUT2D eigenvalue weighted by molar-refractivity contribution is 0.245. The molecule has 0 radical (unpaired) electrons. The minimum atomic E-state index is -3.63. The summed E-state index contributed by atoms with van der Waals surface area (Å²) in [6.45, 7) is 1.58. The van der Waals surface area contributed by atoms with Crippen molar-refractivity contribution >= 4 is 26.0 Å². The second-order valence-electron chi connectivity index (χ2n) is 5.32. The number of hydrogen-bond donors (Lipinski definition) is 2. The summed E-state index contributed by atoms with van der Waals surface area (Å²) in [7, 11) is -3.63. The molecule has 114 valence electrons. The highest BCUT2D eigenvalue weighted by molar-refractivity contribution is 9.10. The third-order valence-corrected chi connectivity index (χ3v) is 6.27. The number of nitrogens with one attached hydrogen (secondary N) is 1. The van der Waals surface area contributed by atoms with Crippen molar-refractivity contribution in [2.75, 3.05) is 0 Å². The molecule has 0 saturated heterocycles. The van der Waals surface area contributed by atoms with Crippen LogP contribution in [0.15, 0.2) is 20.0 Å². The molecule has 1 aliphatic rings. The molecule has 1 aromatic heterocycles. The Labute approximate surface area is 127 Å². The lowest BCUT2D eigenvalue weighted by atomic mass is 9.85. The highest BCUT2D eigenvalue weighted by atomic mass is 79.9. The Morgan fingerprint density at radius 1 is 1.45 bits per heavy atom. The van der Waals surface area contributed by atoms with Crippen LogP contribution in [0.3, 0.4) is 0 Å². The molecule has 1 unspecified atom stereocenters. The summed E-state index contributed by atoms with van der Waals surface area (Å²) in [6.07, 6.45) is 5.71. The maximum atomic E-state index is 12.4. The van der Waals surface area contributed by atoms with Crippen molar-refractivity contribution in [1.29, 1.82) is 0 Å². The number of hydrogen-bond acceptors (Lipinski definition) is 4. The van der Waals surface area contributed by atoms with Gasteiger partial charge in [0.1, 0.15) is 17.3 Å². The molecule has 0 aliphatic heterocycles. The molecule has 1 atom stereocenters. The van der Waals surface area contributed by atoms with Gasteiger partial charge in [0.05, 0.1) is 0 Å². The minimum Gasteiger partial charge on any atom is -0.450 e. The Bertz CT molecular complexity index is 549. The minimum absolute atomic E-state index is 0.0456. The van der Waals surface area contributed by atoms with Crippen molar-refractivity contribution < 1.29 is 17.9 Å². The van der Waals surface area contributed by atoms with Crippen LogP contribution in [0, 0.1) is 5.92 Å². The van der Waals surface area contributed by atoms with E-state index in [2.05, 4.69) is 20.7 Å². The Kier molecular flexibility index (Phi) is 5.28. The summed E-state index contributed by atoms with van der Waals surface area (Å²) in [5.41, 5.74) is 0. The van der Waals surface area contributed by atoms with E-state index in [-0.39, 0.29) is 28.0 Å². The van der Waals surface area contributed by atoms with E-state index in [1.165, 1.54) is 25.3 Å². The fourth-order valence-electron chi connectivity index (χ4n) is 2.70. The summed E-state index contributed by atoms with van der Waals surface area (Å²) < 4.78 is 32.7. The summed E-state index contributed by atoms with van der Waals surface area (Å²) >= 11 is 3.08. The van der Waals surface area contributed by atoms with E-state index in [9.17, 15) is 8.42 Å². The molecule has 0 bridgehead atoms. The first-order valence-corrected chi connectivity index (χ1v) is 9.13. The topological polar surface area (TPSA) is 79.5 Å². The van der Waals surface area contributed by atoms with Gasteiger partial charge in [-0.1, -0.05) is 19.3 Å². The van der Waals surface area contributed by atoms with E-state index in [1.807, 2.05) is 6.92 Å². The van der Waals surface area contributed by atoms with Gasteiger partial charge in [-0.25, -0.2) is 13.1 Å². The van der Waals surface area contributed by atoms with E-state index < -0.39 is 10.0 Å². The molecule has 7 heteroatoms. The summed E-state index contributed by atoms with van der Waals surface area (Å²) in [5.74, 6) is 0.615. The summed E-state index contributed by atoms with van der Waals surface area (Å²) in [5, 5.41) is 9.00. The van der Waals surface area contributed by atoms with Crippen molar-refractivity contribution in [3.05, 3.63) is 16.5 Å². The predicted octanol–water partition coefficient (Wildman–Crippen LogP) is 2.78. The van der Waals surface area contributed by atoms with Gasteiger partial charge in [0.2, 0.25) is 10.0 Å². The van der Waals surface area contributed by atoms with Gasteiger partial charge in [0.15, 0.2) is 4.67 Å². The van der Waals surface area contributed by atoms with Crippen molar-refractivity contribution in [2.45, 2.75) is 56.6 Å². The Morgan fingerprint density at radius 2 is 2.10 bits per heavy atom. The van der Waals surface area contributed by atoms with Gasteiger partial charge in [-0.2, -0.15) is 0 Å². The first kappa shape index (κ1) is 16.0. The molecule has 5 nitrogen and oxygen atoms in total. The zero-order valence-electron chi connectivity index (χ0n) is 11.4. The van der Waals surface area contributed by atoms with Crippen molar-refractivity contribution in [2.24, 2.45) is 5.92 Å². The molecule has 20 heavy (non-hydrogen) atoms. The first-order valence-electron chi connectivity index (χ1n) is 6.85. The van der Waals surface area contributed by atoms with Crippen molar-refractivity contribution in [1.82, 2.24) is 4.72 Å². The number of sulfonamides is 1. The predicted molar refractivity (Wildman–Crippen MR) is 78.7 cm³/mol. The molecular formula is C13H20BrNO4S. The average Bonchev–Trinajstić information content (AvgIpc) is 2.81. The maximum absolute atomic E-state index is 12.4. The quantitative estimate of drug-likeness (QED) is 0.840. The van der Waals surface area contributed by atoms with Gasteiger partial charge in [0.25, 0.3) is 0 Å². The molecule has 2 rings (SSSR count). The average molecular weight is 366 g/mol.